The molecule has 0 aliphatic rings. The Labute approximate surface area is 221 Å². The van der Waals surface area contributed by atoms with Crippen LogP contribution in [0.2, 0.25) is 0 Å². The molecule has 0 N–H and O–H groups in total. The first-order valence-corrected chi connectivity index (χ1v) is 11.8. The fraction of sp³-hybridized carbons (Fsp3) is 0.286. The van der Waals surface area contributed by atoms with Crippen LogP contribution in [0.1, 0.15) is 29.2 Å². The maximum absolute atomic E-state index is 13.6. The first kappa shape index (κ1) is 29.4. The van der Waals surface area contributed by atoms with Crippen LogP contribution in [-0.4, -0.2) is 37.7 Å². The molecule has 6 nitrogen and oxygen atoms in total. The minimum Gasteiger partial charge on any atom is -0.496 e. The normalized spacial score (nSPS) is 11.2. The highest BCUT2D eigenvalue weighted by atomic mass is 19.4. The van der Waals surface area contributed by atoms with Crippen molar-refractivity contribution in [3.8, 4) is 16.9 Å². The lowest BCUT2D eigenvalue weighted by atomic mass is 9.94. The van der Waals surface area contributed by atoms with Crippen molar-refractivity contribution in [3.05, 3.63) is 88.5 Å². The van der Waals surface area contributed by atoms with E-state index in [4.69, 9.17) is 14.2 Å². The SMILES string of the molecule is CCN(Cc1cc(C(F)(F)F)ccc1-c1cc(CC(=O)OC)ccc1OC)C(=O)OCc1cc(F)cc(F)c1. The first-order chi connectivity index (χ1) is 18.4. The Morgan fingerprint density at radius 2 is 1.56 bits per heavy atom. The quantitative estimate of drug-likeness (QED) is 0.223. The van der Waals surface area contributed by atoms with Crippen molar-refractivity contribution in [2.45, 2.75) is 32.7 Å². The molecule has 39 heavy (non-hydrogen) atoms. The van der Waals surface area contributed by atoms with Gasteiger partial charge in [0.1, 0.15) is 24.0 Å². The van der Waals surface area contributed by atoms with Crippen LogP contribution in [0, 0.1) is 11.6 Å². The van der Waals surface area contributed by atoms with Crippen LogP contribution >= 0.6 is 0 Å². The van der Waals surface area contributed by atoms with Crippen LogP contribution in [0.3, 0.4) is 0 Å². The van der Waals surface area contributed by atoms with E-state index < -0.39 is 42.0 Å². The van der Waals surface area contributed by atoms with E-state index in [1.54, 1.807) is 25.1 Å². The van der Waals surface area contributed by atoms with E-state index in [1.165, 1.54) is 20.3 Å². The van der Waals surface area contributed by atoms with Gasteiger partial charge in [0.05, 0.1) is 26.2 Å². The number of rotatable bonds is 9. The molecule has 208 valence electrons. The lowest BCUT2D eigenvalue weighted by molar-refractivity contribution is -0.140. The summed E-state index contributed by atoms with van der Waals surface area (Å²) in [6.45, 7) is 0.943. The van der Waals surface area contributed by atoms with Crippen molar-refractivity contribution in [3.63, 3.8) is 0 Å². The number of alkyl halides is 3. The minimum atomic E-state index is -4.65. The monoisotopic (exact) mass is 551 g/mol. The number of methoxy groups -OCH3 is 2. The van der Waals surface area contributed by atoms with E-state index in [0.717, 1.165) is 29.2 Å². The summed E-state index contributed by atoms with van der Waals surface area (Å²) in [7, 11) is 2.64. The Kier molecular flexibility index (Phi) is 9.50. The number of esters is 1. The van der Waals surface area contributed by atoms with Gasteiger partial charge in [-0.15, -0.1) is 0 Å². The van der Waals surface area contributed by atoms with Crippen molar-refractivity contribution >= 4 is 12.1 Å². The first-order valence-electron chi connectivity index (χ1n) is 11.8. The van der Waals surface area contributed by atoms with Crippen molar-refractivity contribution in [2.75, 3.05) is 20.8 Å². The van der Waals surface area contributed by atoms with Gasteiger partial charge in [-0.1, -0.05) is 12.1 Å². The van der Waals surface area contributed by atoms with Gasteiger partial charge < -0.3 is 19.1 Å². The zero-order chi connectivity index (χ0) is 28.7. The summed E-state index contributed by atoms with van der Waals surface area (Å²) in [6.07, 6.45) is -5.61. The smallest absolute Gasteiger partial charge is 0.416 e. The summed E-state index contributed by atoms with van der Waals surface area (Å²) in [6, 6.07) is 10.6. The summed E-state index contributed by atoms with van der Waals surface area (Å²) in [5.74, 6) is -1.85. The van der Waals surface area contributed by atoms with Gasteiger partial charge in [-0.05, 0) is 65.6 Å². The Morgan fingerprint density at radius 1 is 0.872 bits per heavy atom. The van der Waals surface area contributed by atoms with Crippen molar-refractivity contribution < 1.29 is 45.8 Å². The van der Waals surface area contributed by atoms with E-state index in [1.807, 2.05) is 0 Å². The van der Waals surface area contributed by atoms with Gasteiger partial charge in [-0.2, -0.15) is 13.2 Å². The van der Waals surface area contributed by atoms with E-state index in [2.05, 4.69) is 0 Å². The van der Waals surface area contributed by atoms with Crippen LogP contribution in [0.5, 0.6) is 5.75 Å². The molecule has 0 aromatic heterocycles. The second kappa shape index (κ2) is 12.6. The van der Waals surface area contributed by atoms with E-state index in [0.29, 0.717) is 28.5 Å². The molecule has 0 spiro atoms. The van der Waals surface area contributed by atoms with Gasteiger partial charge in [0, 0.05) is 24.7 Å². The molecule has 0 fully saturated rings. The van der Waals surface area contributed by atoms with Crippen LogP contribution in [0.15, 0.2) is 54.6 Å². The maximum atomic E-state index is 13.6. The van der Waals surface area contributed by atoms with E-state index in [9.17, 15) is 31.5 Å². The Balaban J connectivity index is 1.98. The number of amides is 1. The van der Waals surface area contributed by atoms with Crippen LogP contribution in [-0.2, 0) is 40.0 Å². The summed E-state index contributed by atoms with van der Waals surface area (Å²) >= 11 is 0. The van der Waals surface area contributed by atoms with E-state index >= 15 is 0 Å². The average molecular weight is 552 g/mol. The molecule has 0 aliphatic heterocycles. The highest BCUT2D eigenvalue weighted by Gasteiger charge is 2.32. The zero-order valence-corrected chi connectivity index (χ0v) is 21.4. The van der Waals surface area contributed by atoms with Crippen molar-refractivity contribution in [1.29, 1.82) is 0 Å². The molecule has 0 saturated heterocycles. The van der Waals surface area contributed by atoms with Gasteiger partial charge in [-0.25, -0.2) is 13.6 Å². The molecular weight excluding hydrogens is 525 g/mol. The number of ether oxygens (including phenoxy) is 3. The summed E-state index contributed by atoms with van der Waals surface area (Å²) in [5, 5.41) is 0. The summed E-state index contributed by atoms with van der Waals surface area (Å²) in [4.78, 5) is 25.7. The number of hydrogen-bond donors (Lipinski definition) is 0. The number of hydrogen-bond acceptors (Lipinski definition) is 5. The molecule has 3 rings (SSSR count). The molecule has 0 bridgehead atoms. The highest BCUT2D eigenvalue weighted by molar-refractivity contribution is 5.78. The molecule has 0 aliphatic carbocycles. The molecule has 0 atom stereocenters. The predicted octanol–water partition coefficient (Wildman–Crippen LogP) is 6.53. The van der Waals surface area contributed by atoms with Gasteiger partial charge in [0.15, 0.2) is 0 Å². The Morgan fingerprint density at radius 3 is 2.15 bits per heavy atom. The van der Waals surface area contributed by atoms with E-state index in [-0.39, 0.29) is 30.6 Å². The number of carbonyl (C=O) groups excluding carboxylic acids is 2. The third-order valence-corrected chi connectivity index (χ3v) is 5.85. The zero-order valence-electron chi connectivity index (χ0n) is 21.4. The topological polar surface area (TPSA) is 65.1 Å². The third-order valence-electron chi connectivity index (χ3n) is 5.85. The molecule has 11 heteroatoms. The summed E-state index contributed by atoms with van der Waals surface area (Å²) < 4.78 is 83.0. The molecule has 0 radical (unpaired) electrons. The second-order valence-corrected chi connectivity index (χ2v) is 8.50. The van der Waals surface area contributed by atoms with Crippen LogP contribution in [0.25, 0.3) is 11.1 Å². The van der Waals surface area contributed by atoms with Crippen LogP contribution in [0.4, 0.5) is 26.7 Å². The van der Waals surface area contributed by atoms with Gasteiger partial charge >= 0.3 is 18.2 Å². The number of halogens is 5. The van der Waals surface area contributed by atoms with Crippen molar-refractivity contribution in [1.82, 2.24) is 4.90 Å². The second-order valence-electron chi connectivity index (χ2n) is 8.50. The van der Waals surface area contributed by atoms with Crippen molar-refractivity contribution in [2.24, 2.45) is 0 Å². The Hall–Kier alpha value is -4.15. The van der Waals surface area contributed by atoms with Gasteiger partial charge in [-0.3, -0.25) is 4.79 Å². The molecule has 3 aromatic rings. The fourth-order valence-corrected chi connectivity index (χ4v) is 3.92. The largest absolute Gasteiger partial charge is 0.496 e. The summed E-state index contributed by atoms with van der Waals surface area (Å²) in [5.41, 5.74) is 0.563. The molecule has 0 unspecified atom stereocenters. The molecule has 3 aromatic carbocycles. The molecule has 0 heterocycles. The Bertz CT molecular complexity index is 1320. The van der Waals surface area contributed by atoms with Gasteiger partial charge in [0.25, 0.3) is 0 Å². The molecule has 1 amide bonds. The predicted molar refractivity (Wildman–Crippen MR) is 132 cm³/mol. The van der Waals surface area contributed by atoms with Gasteiger partial charge in [0.2, 0.25) is 0 Å². The number of carbonyl (C=O) groups is 2. The minimum absolute atomic E-state index is 0.0611. The molecular formula is C28H26F5NO5. The number of benzene rings is 3. The highest BCUT2D eigenvalue weighted by Crippen LogP contribution is 2.38. The third kappa shape index (κ3) is 7.68. The maximum Gasteiger partial charge on any atom is 0.416 e. The van der Waals surface area contributed by atoms with Crippen LogP contribution < -0.4 is 4.74 Å². The lowest BCUT2D eigenvalue weighted by Crippen LogP contribution is -2.31. The lowest BCUT2D eigenvalue weighted by Gasteiger charge is -2.23. The standard InChI is InChI=1S/C28H26F5NO5/c1-4-34(27(36)39-16-18-9-21(29)14-22(30)10-18)15-19-13-20(28(31,32)33)6-7-23(19)24-11-17(12-26(35)38-3)5-8-25(24)37-2/h5-11,13-14H,4,12,15-16H2,1-3H3. The fourth-order valence-electron chi connectivity index (χ4n) is 3.92. The molecule has 0 saturated carbocycles. The number of nitrogens with zero attached hydrogens (tertiary/aromatic N) is 1. The average Bonchev–Trinajstić information content (AvgIpc) is 2.89.